The maximum atomic E-state index is 6.04. The van der Waals surface area contributed by atoms with Gasteiger partial charge in [0.25, 0.3) is 0 Å². The van der Waals surface area contributed by atoms with E-state index in [2.05, 4.69) is 31.2 Å². The Morgan fingerprint density at radius 1 is 0.615 bits per heavy atom. The molecule has 1 aliphatic carbocycles. The number of ether oxygens (including phenoxy) is 1. The van der Waals surface area contributed by atoms with Crippen LogP contribution in [0.5, 0.6) is 5.75 Å². The highest BCUT2D eigenvalue weighted by Crippen LogP contribution is 2.38. The van der Waals surface area contributed by atoms with E-state index in [0.717, 1.165) is 43.1 Å². The Hall–Kier alpha value is -0.883. The second kappa shape index (κ2) is 21.8. The van der Waals surface area contributed by atoms with E-state index in [1.54, 1.807) is 0 Å². The number of benzene rings is 1. The summed E-state index contributed by atoms with van der Waals surface area (Å²) in [6.07, 6.45) is 22.7. The van der Waals surface area contributed by atoms with E-state index in [0.29, 0.717) is 19.8 Å². The molecule has 1 aromatic carbocycles. The van der Waals surface area contributed by atoms with Gasteiger partial charge in [-0.05, 0) is 88.8 Å². The molecule has 39 heavy (non-hydrogen) atoms. The first kappa shape index (κ1) is 34.3. The average Bonchev–Trinajstić information content (AvgIpc) is 2.95. The van der Waals surface area contributed by atoms with Gasteiger partial charge in [-0.1, -0.05) is 89.7 Å². The molecule has 5 heteroatoms. The van der Waals surface area contributed by atoms with Crippen LogP contribution in [0.3, 0.4) is 0 Å². The molecule has 0 aliphatic heterocycles. The monoisotopic (exact) mass is 562 g/mol. The third kappa shape index (κ3) is 14.5. The van der Waals surface area contributed by atoms with E-state index in [1.807, 2.05) is 20.8 Å². The van der Waals surface area contributed by atoms with Crippen LogP contribution >= 0.6 is 0 Å². The molecule has 0 spiro atoms. The molecule has 1 aliphatic rings. The predicted molar refractivity (Wildman–Crippen MR) is 168 cm³/mol. The molecular weight excluding hydrogens is 500 g/mol. The minimum atomic E-state index is -2.44. The molecule has 4 nitrogen and oxygen atoms in total. The minimum absolute atomic E-state index is 0.670. The molecule has 0 amide bonds. The standard InChI is InChI=1S/C34H62O4Si/c1-5-9-17-20-31-21-23-32(24-22-31)33-25-27-34(28-26-33)35-29-18-15-13-11-10-12-14-16-19-30-39(36-6-2,37-7-3)38-8-4/h25-28,31-32H,5-24,29-30H2,1-4H3. The van der Waals surface area contributed by atoms with Gasteiger partial charge in [0, 0.05) is 25.9 Å². The van der Waals surface area contributed by atoms with E-state index < -0.39 is 8.80 Å². The first-order chi connectivity index (χ1) is 19.2. The van der Waals surface area contributed by atoms with Gasteiger partial charge in [0.05, 0.1) is 6.61 Å². The summed E-state index contributed by atoms with van der Waals surface area (Å²) in [7, 11) is -2.44. The molecule has 0 radical (unpaired) electrons. The van der Waals surface area contributed by atoms with Gasteiger partial charge in [-0.25, -0.2) is 0 Å². The molecule has 1 fully saturated rings. The molecule has 0 N–H and O–H groups in total. The van der Waals surface area contributed by atoms with Gasteiger partial charge in [-0.15, -0.1) is 0 Å². The van der Waals surface area contributed by atoms with Crippen molar-refractivity contribution >= 4 is 8.80 Å². The molecule has 226 valence electrons. The van der Waals surface area contributed by atoms with Crippen molar-refractivity contribution in [3.8, 4) is 5.75 Å². The highest BCUT2D eigenvalue weighted by molar-refractivity contribution is 6.60. The Morgan fingerprint density at radius 3 is 1.69 bits per heavy atom. The van der Waals surface area contributed by atoms with Crippen molar-refractivity contribution in [2.45, 2.75) is 149 Å². The van der Waals surface area contributed by atoms with E-state index in [9.17, 15) is 0 Å². The molecular formula is C34H62O4Si. The summed E-state index contributed by atoms with van der Waals surface area (Å²) in [4.78, 5) is 0. The lowest BCUT2D eigenvalue weighted by Crippen LogP contribution is -2.45. The highest BCUT2D eigenvalue weighted by Gasteiger charge is 2.39. The zero-order valence-electron chi connectivity index (χ0n) is 26.2. The van der Waals surface area contributed by atoms with E-state index >= 15 is 0 Å². The summed E-state index contributed by atoms with van der Waals surface area (Å²) in [6, 6.07) is 10.00. The van der Waals surface area contributed by atoms with Crippen molar-refractivity contribution in [2.75, 3.05) is 26.4 Å². The fraction of sp³-hybridized carbons (Fsp3) is 0.824. The largest absolute Gasteiger partial charge is 0.500 e. The summed E-state index contributed by atoms with van der Waals surface area (Å²) < 4.78 is 23.9. The van der Waals surface area contributed by atoms with Gasteiger partial charge in [-0.3, -0.25) is 0 Å². The number of unbranched alkanes of at least 4 members (excludes halogenated alkanes) is 10. The Labute approximate surface area is 243 Å². The lowest BCUT2D eigenvalue weighted by Gasteiger charge is -2.29. The second-order valence-corrected chi connectivity index (χ2v) is 14.3. The van der Waals surface area contributed by atoms with Gasteiger partial charge in [-0.2, -0.15) is 0 Å². The Kier molecular flexibility index (Phi) is 19.2. The first-order valence-electron chi connectivity index (χ1n) is 16.8. The van der Waals surface area contributed by atoms with E-state index in [4.69, 9.17) is 18.0 Å². The van der Waals surface area contributed by atoms with Crippen LogP contribution in [0, 0.1) is 5.92 Å². The van der Waals surface area contributed by atoms with Crippen LogP contribution in [0.4, 0.5) is 0 Å². The van der Waals surface area contributed by atoms with Crippen LogP contribution in [-0.2, 0) is 13.3 Å². The summed E-state index contributed by atoms with van der Waals surface area (Å²) in [5.41, 5.74) is 1.52. The zero-order valence-corrected chi connectivity index (χ0v) is 27.2. The van der Waals surface area contributed by atoms with Crippen LogP contribution in [0.1, 0.15) is 148 Å². The van der Waals surface area contributed by atoms with Gasteiger partial charge in [0.2, 0.25) is 0 Å². The van der Waals surface area contributed by atoms with Gasteiger partial charge < -0.3 is 18.0 Å². The lowest BCUT2D eigenvalue weighted by atomic mass is 9.77. The summed E-state index contributed by atoms with van der Waals surface area (Å²) in [6.45, 7) is 11.3. The normalized spacial score (nSPS) is 17.9. The van der Waals surface area contributed by atoms with Crippen molar-refractivity contribution in [1.82, 2.24) is 0 Å². The highest BCUT2D eigenvalue weighted by atomic mass is 28.4. The van der Waals surface area contributed by atoms with Crippen LogP contribution < -0.4 is 4.74 Å². The quantitative estimate of drug-likeness (QED) is 0.0927. The summed E-state index contributed by atoms with van der Waals surface area (Å²) >= 11 is 0. The topological polar surface area (TPSA) is 36.9 Å². The maximum Gasteiger partial charge on any atom is 0.500 e. The number of hydrogen-bond donors (Lipinski definition) is 0. The van der Waals surface area contributed by atoms with Crippen molar-refractivity contribution in [2.24, 2.45) is 5.92 Å². The Bertz CT molecular complexity index is 670. The minimum Gasteiger partial charge on any atom is -0.494 e. The zero-order chi connectivity index (χ0) is 28.0. The molecule has 0 bridgehead atoms. The Balaban J connectivity index is 1.46. The first-order valence-corrected chi connectivity index (χ1v) is 18.7. The van der Waals surface area contributed by atoms with Crippen molar-refractivity contribution in [3.63, 3.8) is 0 Å². The van der Waals surface area contributed by atoms with Crippen LogP contribution in [0.2, 0.25) is 6.04 Å². The van der Waals surface area contributed by atoms with E-state index in [-0.39, 0.29) is 0 Å². The third-order valence-electron chi connectivity index (χ3n) is 8.40. The Morgan fingerprint density at radius 2 is 1.15 bits per heavy atom. The fourth-order valence-corrected chi connectivity index (χ4v) is 8.86. The van der Waals surface area contributed by atoms with E-state index in [1.165, 1.54) is 102 Å². The van der Waals surface area contributed by atoms with Crippen LogP contribution in [0.25, 0.3) is 0 Å². The van der Waals surface area contributed by atoms with Crippen molar-refractivity contribution in [1.29, 1.82) is 0 Å². The number of hydrogen-bond acceptors (Lipinski definition) is 4. The van der Waals surface area contributed by atoms with Gasteiger partial charge in [0.15, 0.2) is 0 Å². The molecule has 1 aromatic rings. The predicted octanol–water partition coefficient (Wildman–Crippen LogP) is 10.5. The molecule has 0 atom stereocenters. The van der Waals surface area contributed by atoms with Crippen molar-refractivity contribution in [3.05, 3.63) is 29.8 Å². The molecule has 1 saturated carbocycles. The smallest absolute Gasteiger partial charge is 0.494 e. The average molecular weight is 563 g/mol. The third-order valence-corrected chi connectivity index (χ3v) is 11.6. The molecule has 0 unspecified atom stereocenters. The maximum absolute atomic E-state index is 6.04. The molecule has 0 aromatic heterocycles. The van der Waals surface area contributed by atoms with Crippen LogP contribution in [-0.4, -0.2) is 35.2 Å². The molecule has 0 saturated heterocycles. The van der Waals surface area contributed by atoms with Crippen LogP contribution in [0.15, 0.2) is 24.3 Å². The van der Waals surface area contributed by atoms with Gasteiger partial charge in [0.1, 0.15) is 5.75 Å². The number of rotatable bonds is 24. The second-order valence-electron chi connectivity index (χ2n) is 11.5. The van der Waals surface area contributed by atoms with Gasteiger partial charge >= 0.3 is 8.80 Å². The SMILES string of the molecule is CCCCCC1CCC(c2ccc(OCCCCCCCCCCC[Si](OCC)(OCC)OCC)cc2)CC1. The lowest BCUT2D eigenvalue weighted by molar-refractivity contribution is 0.0706. The summed E-state index contributed by atoms with van der Waals surface area (Å²) in [5, 5.41) is 0. The van der Waals surface area contributed by atoms with Crippen molar-refractivity contribution < 1.29 is 18.0 Å². The molecule has 2 rings (SSSR count). The molecule has 0 heterocycles. The fourth-order valence-electron chi connectivity index (χ4n) is 6.18. The summed E-state index contributed by atoms with van der Waals surface area (Å²) in [5.74, 6) is 2.78.